The first kappa shape index (κ1) is 11.7. The zero-order chi connectivity index (χ0) is 13.6. The molecule has 0 aliphatic carbocycles. The Morgan fingerprint density at radius 1 is 1.42 bits per heavy atom. The van der Waals surface area contributed by atoms with E-state index in [4.69, 9.17) is 16.0 Å². The highest BCUT2D eigenvalue weighted by Gasteiger charge is 2.15. The van der Waals surface area contributed by atoms with Crippen molar-refractivity contribution in [3.63, 3.8) is 0 Å². The molecule has 3 rings (SSSR count). The summed E-state index contributed by atoms with van der Waals surface area (Å²) in [7, 11) is 1.24. The van der Waals surface area contributed by atoms with E-state index >= 15 is 0 Å². The Bertz CT molecular complexity index is 865. The van der Waals surface area contributed by atoms with Crippen molar-refractivity contribution < 1.29 is 13.9 Å². The van der Waals surface area contributed by atoms with Crippen molar-refractivity contribution in [2.45, 2.75) is 0 Å². The van der Waals surface area contributed by atoms with Crippen LogP contribution in [0, 0.1) is 0 Å². The van der Waals surface area contributed by atoms with Gasteiger partial charge >= 0.3 is 11.7 Å². The largest absolute Gasteiger partial charge is 0.464 e. The molecular weight excluding hydrogens is 272 g/mol. The van der Waals surface area contributed by atoms with Gasteiger partial charge in [0.1, 0.15) is 5.58 Å². The minimum atomic E-state index is -0.681. The van der Waals surface area contributed by atoms with E-state index in [1.807, 2.05) is 0 Å². The molecule has 2 aromatic heterocycles. The molecule has 0 atom stereocenters. The van der Waals surface area contributed by atoms with E-state index < -0.39 is 11.7 Å². The first-order valence-corrected chi connectivity index (χ1v) is 5.68. The number of esters is 1. The van der Waals surface area contributed by atoms with E-state index in [-0.39, 0.29) is 5.69 Å². The van der Waals surface area contributed by atoms with Gasteiger partial charge in [-0.25, -0.2) is 9.59 Å². The quantitative estimate of drug-likeness (QED) is 0.635. The second-order valence-corrected chi connectivity index (χ2v) is 4.26. The number of hydrogen-bond acceptors (Lipinski definition) is 5. The van der Waals surface area contributed by atoms with Gasteiger partial charge in [-0.15, -0.1) is 0 Å². The average molecular weight is 279 g/mol. The highest BCUT2D eigenvalue weighted by atomic mass is 35.5. The first-order chi connectivity index (χ1) is 9.10. The summed E-state index contributed by atoms with van der Waals surface area (Å²) in [6.07, 6.45) is 0. The normalized spacial score (nSPS) is 11.1. The smallest absolute Gasteiger partial charge is 0.440 e. The summed E-state index contributed by atoms with van der Waals surface area (Å²) < 4.78 is 10.7. The number of ether oxygens (including phenoxy) is 1. The highest BCUT2D eigenvalue weighted by Crippen LogP contribution is 2.22. The van der Waals surface area contributed by atoms with E-state index in [1.54, 1.807) is 18.2 Å². The number of benzene rings is 1. The van der Waals surface area contributed by atoms with Gasteiger partial charge in [-0.1, -0.05) is 11.6 Å². The van der Waals surface area contributed by atoms with Crippen LogP contribution in [0.4, 0.5) is 0 Å². The van der Waals surface area contributed by atoms with E-state index in [2.05, 4.69) is 9.84 Å². The second kappa shape index (κ2) is 4.10. The first-order valence-electron chi connectivity index (χ1n) is 5.30. The van der Waals surface area contributed by atoms with Crippen molar-refractivity contribution in [2.24, 2.45) is 0 Å². The van der Waals surface area contributed by atoms with Gasteiger partial charge in [-0.05, 0) is 24.3 Å². The van der Waals surface area contributed by atoms with Crippen LogP contribution in [-0.4, -0.2) is 22.7 Å². The summed E-state index contributed by atoms with van der Waals surface area (Å²) in [5.74, 6) is -1.31. The van der Waals surface area contributed by atoms with Crippen molar-refractivity contribution in [1.29, 1.82) is 0 Å². The SMILES string of the molecule is COC(=O)c1cc2c3cc(Cl)ccc3oc(=O)n2n1. The van der Waals surface area contributed by atoms with Gasteiger partial charge in [-0.2, -0.15) is 9.61 Å². The maximum Gasteiger partial charge on any atom is 0.440 e. The number of methoxy groups -OCH3 is 1. The predicted octanol–water partition coefficient (Wildman–Crippen LogP) is 1.88. The molecule has 3 aromatic rings. The molecule has 0 aliphatic rings. The molecular formula is C12H7ClN2O4. The fraction of sp³-hybridized carbons (Fsp3) is 0.0833. The lowest BCUT2D eigenvalue weighted by atomic mass is 10.2. The lowest BCUT2D eigenvalue weighted by molar-refractivity contribution is 0.0593. The molecule has 0 saturated heterocycles. The fourth-order valence-electron chi connectivity index (χ4n) is 1.85. The molecule has 6 nitrogen and oxygen atoms in total. The van der Waals surface area contributed by atoms with Gasteiger partial charge in [0.25, 0.3) is 0 Å². The topological polar surface area (TPSA) is 73.8 Å². The maximum atomic E-state index is 11.8. The molecule has 0 saturated carbocycles. The molecule has 0 amide bonds. The molecule has 7 heteroatoms. The Balaban J connectivity index is 2.45. The number of nitrogens with zero attached hydrogens (tertiary/aromatic N) is 2. The zero-order valence-corrected chi connectivity index (χ0v) is 10.5. The molecule has 0 aliphatic heterocycles. The lowest BCUT2D eigenvalue weighted by Gasteiger charge is -1.98. The molecule has 1 aromatic carbocycles. The van der Waals surface area contributed by atoms with Crippen molar-refractivity contribution in [3.05, 3.63) is 45.5 Å². The Hall–Kier alpha value is -2.34. The van der Waals surface area contributed by atoms with Gasteiger partial charge in [0, 0.05) is 10.4 Å². The van der Waals surface area contributed by atoms with Gasteiger partial charge < -0.3 is 9.15 Å². The minimum Gasteiger partial charge on any atom is -0.464 e. The van der Waals surface area contributed by atoms with Crippen LogP contribution in [0.3, 0.4) is 0 Å². The molecule has 0 radical (unpaired) electrons. The van der Waals surface area contributed by atoms with Gasteiger partial charge in [0.2, 0.25) is 0 Å². The van der Waals surface area contributed by atoms with Crippen molar-refractivity contribution in [2.75, 3.05) is 7.11 Å². The summed E-state index contributed by atoms with van der Waals surface area (Å²) >= 11 is 5.91. The Labute approximate surface area is 111 Å². The van der Waals surface area contributed by atoms with Crippen molar-refractivity contribution >= 4 is 34.1 Å². The van der Waals surface area contributed by atoms with Crippen molar-refractivity contribution in [1.82, 2.24) is 9.61 Å². The standard InChI is InChI=1S/C12H7ClN2O4/c1-18-11(16)8-5-9-7-4-6(13)2-3-10(7)19-12(17)15(9)14-8/h2-5H,1H3. The van der Waals surface area contributed by atoms with Crippen LogP contribution in [0.15, 0.2) is 33.5 Å². The number of carbonyl (C=O) groups is 1. The molecule has 96 valence electrons. The third-order valence-corrected chi connectivity index (χ3v) is 2.93. The van der Waals surface area contributed by atoms with Crippen molar-refractivity contribution in [3.8, 4) is 0 Å². The van der Waals surface area contributed by atoms with Crippen LogP contribution in [-0.2, 0) is 4.74 Å². The zero-order valence-electron chi connectivity index (χ0n) is 9.71. The average Bonchev–Trinajstić information content (AvgIpc) is 2.85. The molecule has 0 unspecified atom stereocenters. The van der Waals surface area contributed by atoms with Crippen LogP contribution in [0.5, 0.6) is 0 Å². The summed E-state index contributed by atoms with van der Waals surface area (Å²) in [5.41, 5.74) is 0.842. The predicted molar refractivity (Wildman–Crippen MR) is 67.6 cm³/mol. The third kappa shape index (κ3) is 1.77. The fourth-order valence-corrected chi connectivity index (χ4v) is 2.02. The number of halogens is 1. The lowest BCUT2D eigenvalue weighted by Crippen LogP contribution is -2.13. The monoisotopic (exact) mass is 278 g/mol. The number of hydrogen-bond donors (Lipinski definition) is 0. The summed E-state index contributed by atoms with van der Waals surface area (Å²) in [5, 5.41) is 4.94. The Morgan fingerprint density at radius 3 is 2.95 bits per heavy atom. The summed E-state index contributed by atoms with van der Waals surface area (Å²) in [6, 6.07) is 6.30. The molecule has 0 bridgehead atoms. The van der Waals surface area contributed by atoms with Crippen LogP contribution >= 0.6 is 11.6 Å². The second-order valence-electron chi connectivity index (χ2n) is 3.83. The molecule has 0 fully saturated rings. The number of aromatic nitrogens is 2. The van der Waals surface area contributed by atoms with E-state index in [0.717, 1.165) is 4.52 Å². The summed E-state index contributed by atoms with van der Waals surface area (Å²) in [4.78, 5) is 23.2. The Kier molecular flexibility index (Phi) is 2.53. The van der Waals surface area contributed by atoms with E-state index in [9.17, 15) is 9.59 Å². The minimum absolute atomic E-state index is 0.0299. The summed E-state index contributed by atoms with van der Waals surface area (Å²) in [6.45, 7) is 0. The van der Waals surface area contributed by atoms with E-state index in [0.29, 0.717) is 21.5 Å². The number of fused-ring (bicyclic) bond motifs is 3. The Morgan fingerprint density at radius 2 is 2.21 bits per heavy atom. The van der Waals surface area contributed by atoms with Gasteiger partial charge in [0.05, 0.1) is 12.6 Å². The molecule has 2 heterocycles. The molecule has 0 spiro atoms. The maximum absolute atomic E-state index is 11.8. The molecule has 0 N–H and O–H groups in total. The number of carbonyl (C=O) groups excluding carboxylic acids is 1. The van der Waals surface area contributed by atoms with Crippen LogP contribution < -0.4 is 5.76 Å². The van der Waals surface area contributed by atoms with Crippen LogP contribution in [0.25, 0.3) is 16.5 Å². The third-order valence-electron chi connectivity index (χ3n) is 2.69. The van der Waals surface area contributed by atoms with Gasteiger partial charge in [0.15, 0.2) is 5.69 Å². The molecule has 19 heavy (non-hydrogen) atoms. The van der Waals surface area contributed by atoms with E-state index in [1.165, 1.54) is 13.2 Å². The highest BCUT2D eigenvalue weighted by molar-refractivity contribution is 6.31. The number of rotatable bonds is 1. The van der Waals surface area contributed by atoms with Crippen LogP contribution in [0.2, 0.25) is 5.02 Å². The van der Waals surface area contributed by atoms with Crippen LogP contribution in [0.1, 0.15) is 10.5 Å². The van der Waals surface area contributed by atoms with Gasteiger partial charge in [-0.3, -0.25) is 0 Å².